The van der Waals surface area contributed by atoms with Crippen LogP contribution in [0.3, 0.4) is 0 Å². The summed E-state index contributed by atoms with van der Waals surface area (Å²) in [6.07, 6.45) is 0.411. The summed E-state index contributed by atoms with van der Waals surface area (Å²) in [5, 5.41) is 10.0. The van der Waals surface area contributed by atoms with Gasteiger partial charge >= 0.3 is 0 Å². The summed E-state index contributed by atoms with van der Waals surface area (Å²) in [6, 6.07) is 9.11. The van der Waals surface area contributed by atoms with Crippen molar-refractivity contribution >= 4 is 10.9 Å². The number of H-pyrrole nitrogens is 1. The smallest absolute Gasteiger partial charge is 0.128 e. The molecule has 0 saturated heterocycles. The number of aromatic nitrogens is 2. The van der Waals surface area contributed by atoms with Crippen LogP contribution in [-0.4, -0.2) is 9.97 Å². The number of nitrogens with zero attached hydrogens (tertiary/aromatic N) is 2. The van der Waals surface area contributed by atoms with Crippen LogP contribution >= 0.6 is 0 Å². The Kier molecular flexibility index (Phi) is 3.42. The predicted octanol–water partition coefficient (Wildman–Crippen LogP) is 4.09. The maximum absolute atomic E-state index is 14.5. The quantitative estimate of drug-likeness (QED) is 0.773. The lowest BCUT2D eigenvalue weighted by atomic mass is 9.98. The van der Waals surface area contributed by atoms with Crippen LogP contribution in [0.2, 0.25) is 0 Å². The number of nitrogens with one attached hydrogen (secondary N) is 1. The zero-order chi connectivity index (χ0) is 15.9. The number of halogens is 1. The molecule has 0 amide bonds. The van der Waals surface area contributed by atoms with Crippen LogP contribution in [0.5, 0.6) is 0 Å². The van der Waals surface area contributed by atoms with E-state index in [9.17, 15) is 9.65 Å². The van der Waals surface area contributed by atoms with E-state index in [1.807, 2.05) is 39.0 Å². The number of hydrogen-bond acceptors (Lipinski definition) is 2. The predicted molar refractivity (Wildman–Crippen MR) is 84.2 cm³/mol. The minimum absolute atomic E-state index is 0.338. The van der Waals surface area contributed by atoms with Gasteiger partial charge in [-0.25, -0.2) is 4.39 Å². The summed E-state index contributed by atoms with van der Waals surface area (Å²) in [5.41, 5.74) is 5.30. The third kappa shape index (κ3) is 2.25. The molecule has 0 atom stereocenters. The first-order valence-corrected chi connectivity index (χ1v) is 7.14. The van der Waals surface area contributed by atoms with Crippen molar-refractivity contribution in [2.45, 2.75) is 27.2 Å². The van der Waals surface area contributed by atoms with Gasteiger partial charge in [0.05, 0.1) is 11.1 Å². The molecule has 4 heteroatoms. The van der Waals surface area contributed by atoms with Gasteiger partial charge in [-0.3, -0.25) is 4.98 Å². The second-order valence-corrected chi connectivity index (χ2v) is 5.57. The fourth-order valence-electron chi connectivity index (χ4n) is 2.84. The Labute approximate surface area is 128 Å². The number of hydrogen-bond donors (Lipinski definition) is 1. The monoisotopic (exact) mass is 293 g/mol. The highest BCUT2D eigenvalue weighted by molar-refractivity contribution is 5.92. The van der Waals surface area contributed by atoms with Gasteiger partial charge in [-0.15, -0.1) is 0 Å². The summed E-state index contributed by atoms with van der Waals surface area (Å²) in [7, 11) is 0. The molecule has 2 aromatic heterocycles. The summed E-state index contributed by atoms with van der Waals surface area (Å²) in [5.74, 6) is -0.352. The van der Waals surface area contributed by atoms with E-state index in [2.05, 4.69) is 16.0 Å². The molecule has 110 valence electrons. The lowest BCUT2D eigenvalue weighted by Gasteiger charge is -2.08. The van der Waals surface area contributed by atoms with Crippen molar-refractivity contribution in [3.05, 3.63) is 63.9 Å². The van der Waals surface area contributed by atoms with Gasteiger partial charge < -0.3 is 4.98 Å². The molecular formula is C18H16FN3. The third-order valence-electron chi connectivity index (χ3n) is 4.05. The van der Waals surface area contributed by atoms with E-state index in [1.54, 1.807) is 0 Å². The standard InChI is InChI=1S/C18H16FN3/c1-10-5-4-6-14(21-10)8-15-16(19)7-13(9-20)18-17(15)11(2)12(3)22-18/h4-7,22H,8H2,1-3H3. The van der Waals surface area contributed by atoms with Crippen LogP contribution in [0.25, 0.3) is 10.9 Å². The highest BCUT2D eigenvalue weighted by Gasteiger charge is 2.18. The average Bonchev–Trinajstić information content (AvgIpc) is 2.78. The summed E-state index contributed by atoms with van der Waals surface area (Å²) in [4.78, 5) is 7.66. The van der Waals surface area contributed by atoms with Gasteiger partial charge in [0.1, 0.15) is 11.9 Å². The van der Waals surface area contributed by atoms with Gasteiger partial charge in [0.25, 0.3) is 0 Å². The first-order chi connectivity index (χ1) is 10.5. The number of aryl methyl sites for hydroxylation is 3. The number of nitriles is 1. The van der Waals surface area contributed by atoms with Crippen molar-refractivity contribution in [3.8, 4) is 6.07 Å². The van der Waals surface area contributed by atoms with Crippen molar-refractivity contribution in [3.63, 3.8) is 0 Å². The van der Waals surface area contributed by atoms with Crippen molar-refractivity contribution in [2.24, 2.45) is 0 Å². The molecule has 3 nitrogen and oxygen atoms in total. The minimum atomic E-state index is -0.352. The molecule has 3 rings (SSSR count). The zero-order valence-corrected chi connectivity index (χ0v) is 12.8. The van der Waals surface area contributed by atoms with E-state index in [-0.39, 0.29) is 5.82 Å². The van der Waals surface area contributed by atoms with Gasteiger partial charge in [0.15, 0.2) is 0 Å². The van der Waals surface area contributed by atoms with E-state index in [0.29, 0.717) is 23.1 Å². The molecule has 1 aromatic carbocycles. The van der Waals surface area contributed by atoms with Gasteiger partial charge in [-0.2, -0.15) is 5.26 Å². The molecule has 0 aliphatic heterocycles. The van der Waals surface area contributed by atoms with E-state index in [1.165, 1.54) is 6.07 Å². The van der Waals surface area contributed by atoms with Crippen molar-refractivity contribution in [1.82, 2.24) is 9.97 Å². The van der Waals surface area contributed by atoms with Gasteiger partial charge in [-0.1, -0.05) is 6.07 Å². The van der Waals surface area contributed by atoms with Gasteiger partial charge in [0.2, 0.25) is 0 Å². The SMILES string of the molecule is Cc1cccc(Cc2c(F)cc(C#N)c3[nH]c(C)c(C)c23)n1. The Morgan fingerprint density at radius 2 is 2.05 bits per heavy atom. The Hall–Kier alpha value is -2.67. The maximum atomic E-state index is 14.5. The number of benzene rings is 1. The van der Waals surface area contributed by atoms with Crippen molar-refractivity contribution in [1.29, 1.82) is 5.26 Å². The van der Waals surface area contributed by atoms with E-state index in [4.69, 9.17) is 0 Å². The molecule has 0 radical (unpaired) electrons. The van der Waals surface area contributed by atoms with E-state index >= 15 is 0 Å². The molecule has 0 unspecified atom stereocenters. The Balaban J connectivity index is 2.25. The highest BCUT2D eigenvalue weighted by atomic mass is 19.1. The normalized spacial score (nSPS) is 10.9. The molecule has 0 aliphatic carbocycles. The zero-order valence-electron chi connectivity index (χ0n) is 12.8. The van der Waals surface area contributed by atoms with E-state index < -0.39 is 0 Å². The average molecular weight is 293 g/mol. The lowest BCUT2D eigenvalue weighted by Crippen LogP contribution is -1.99. The topological polar surface area (TPSA) is 52.5 Å². The summed E-state index contributed by atoms with van der Waals surface area (Å²) in [6.45, 7) is 5.80. The Morgan fingerprint density at radius 1 is 1.27 bits per heavy atom. The van der Waals surface area contributed by atoms with Crippen LogP contribution in [0.15, 0.2) is 24.3 Å². The molecular weight excluding hydrogens is 277 g/mol. The highest BCUT2D eigenvalue weighted by Crippen LogP contribution is 2.31. The summed E-state index contributed by atoms with van der Waals surface area (Å²) < 4.78 is 14.5. The number of fused-ring (bicyclic) bond motifs is 1. The molecule has 2 heterocycles. The molecule has 0 aliphatic rings. The Morgan fingerprint density at radius 3 is 2.73 bits per heavy atom. The number of pyridine rings is 1. The molecule has 22 heavy (non-hydrogen) atoms. The second kappa shape index (κ2) is 5.27. The van der Waals surface area contributed by atoms with Crippen LogP contribution in [0.1, 0.15) is 33.8 Å². The molecule has 1 N–H and O–H groups in total. The minimum Gasteiger partial charge on any atom is -0.357 e. The molecule has 3 aromatic rings. The van der Waals surface area contributed by atoms with Crippen molar-refractivity contribution in [2.75, 3.05) is 0 Å². The van der Waals surface area contributed by atoms with E-state index in [0.717, 1.165) is 28.0 Å². The van der Waals surface area contributed by atoms with Crippen LogP contribution < -0.4 is 0 Å². The molecule has 0 bridgehead atoms. The maximum Gasteiger partial charge on any atom is 0.128 e. The lowest BCUT2D eigenvalue weighted by molar-refractivity contribution is 0.615. The first-order valence-electron chi connectivity index (χ1n) is 7.14. The Bertz CT molecular complexity index is 916. The van der Waals surface area contributed by atoms with Gasteiger partial charge in [0, 0.05) is 34.5 Å². The second-order valence-electron chi connectivity index (χ2n) is 5.57. The third-order valence-corrected chi connectivity index (χ3v) is 4.05. The summed E-state index contributed by atoms with van der Waals surface area (Å²) >= 11 is 0. The molecule has 0 saturated carbocycles. The van der Waals surface area contributed by atoms with Gasteiger partial charge in [-0.05, 0) is 44.5 Å². The number of aromatic amines is 1. The first kappa shape index (κ1) is 14.3. The van der Waals surface area contributed by atoms with Crippen molar-refractivity contribution < 1.29 is 4.39 Å². The number of rotatable bonds is 2. The van der Waals surface area contributed by atoms with Crippen LogP contribution in [0, 0.1) is 37.9 Å². The molecule has 0 spiro atoms. The fourth-order valence-corrected chi connectivity index (χ4v) is 2.84. The molecule has 0 fully saturated rings. The fraction of sp³-hybridized carbons (Fsp3) is 0.222. The van der Waals surface area contributed by atoms with Crippen LogP contribution in [0.4, 0.5) is 4.39 Å². The largest absolute Gasteiger partial charge is 0.357 e. The van der Waals surface area contributed by atoms with Crippen LogP contribution in [-0.2, 0) is 6.42 Å².